The number of para-hydroxylation sites is 1. The summed E-state index contributed by atoms with van der Waals surface area (Å²) in [6.45, 7) is 2.85. The number of carbonyl (C=O) groups excluding carboxylic acids is 1. The topological polar surface area (TPSA) is 98.1 Å². The van der Waals surface area contributed by atoms with Crippen LogP contribution in [0.15, 0.2) is 23.3 Å². The fourth-order valence-electron chi connectivity index (χ4n) is 3.81. The zero-order valence-corrected chi connectivity index (χ0v) is 19.4. The summed E-state index contributed by atoms with van der Waals surface area (Å²) in [5.74, 6) is -0.613. The summed E-state index contributed by atoms with van der Waals surface area (Å²) in [6.07, 6.45) is 21.1. The van der Waals surface area contributed by atoms with Crippen molar-refractivity contribution in [3.05, 3.63) is 34.2 Å². The van der Waals surface area contributed by atoms with Crippen LogP contribution in [0.25, 0.3) is 10.4 Å². The van der Waals surface area contributed by atoms with Crippen LogP contribution in [0, 0.1) is 0 Å². The number of hydrogen-bond acceptors (Lipinski definition) is 3. The number of azide groups is 1. The van der Waals surface area contributed by atoms with Gasteiger partial charge in [-0.2, -0.15) is 0 Å². The molecule has 0 saturated heterocycles. The first-order valence-electron chi connectivity index (χ1n) is 12.4. The van der Waals surface area contributed by atoms with Crippen molar-refractivity contribution in [1.29, 1.82) is 0 Å². The number of aromatic hydroxyl groups is 1. The van der Waals surface area contributed by atoms with Gasteiger partial charge in [-0.25, -0.2) is 0 Å². The first-order valence-corrected chi connectivity index (χ1v) is 12.4. The summed E-state index contributed by atoms with van der Waals surface area (Å²) in [7, 11) is 0. The average molecular weight is 431 g/mol. The highest BCUT2D eigenvalue weighted by Gasteiger charge is 2.12. The van der Waals surface area contributed by atoms with Crippen LogP contribution in [-0.4, -0.2) is 17.6 Å². The second kappa shape index (κ2) is 18.6. The van der Waals surface area contributed by atoms with Gasteiger partial charge in [0, 0.05) is 11.5 Å². The first kappa shape index (κ1) is 26.8. The monoisotopic (exact) mass is 430 g/mol. The lowest BCUT2D eigenvalue weighted by Crippen LogP contribution is -2.24. The Morgan fingerprint density at radius 3 is 1.84 bits per heavy atom. The standard InChI is InChI=1S/C25H42N4O2/c1-2-3-4-5-6-7-8-9-10-11-12-13-14-15-16-17-21-27-25(31)22-19-18-20-23(24(22)30)28-29-26/h18-20,30H,2-17,21H2,1H3,(H,27,31). The first-order chi connectivity index (χ1) is 15.2. The number of nitrogens with one attached hydrogen (secondary N) is 1. The summed E-state index contributed by atoms with van der Waals surface area (Å²) in [5, 5.41) is 16.2. The van der Waals surface area contributed by atoms with Gasteiger partial charge in [0.15, 0.2) is 0 Å². The van der Waals surface area contributed by atoms with Gasteiger partial charge in [0.2, 0.25) is 0 Å². The number of phenolic OH excluding ortho intramolecular Hbond substituents is 1. The van der Waals surface area contributed by atoms with Crippen LogP contribution in [0.4, 0.5) is 5.69 Å². The van der Waals surface area contributed by atoms with Crippen molar-refractivity contribution < 1.29 is 9.90 Å². The molecule has 0 heterocycles. The van der Waals surface area contributed by atoms with E-state index in [9.17, 15) is 9.90 Å². The quantitative estimate of drug-likeness (QED) is 0.0997. The minimum absolute atomic E-state index is 0.0672. The van der Waals surface area contributed by atoms with Crippen LogP contribution in [0.3, 0.4) is 0 Å². The van der Waals surface area contributed by atoms with Crippen molar-refractivity contribution in [3.8, 4) is 5.75 Å². The Hall–Kier alpha value is -2.20. The van der Waals surface area contributed by atoms with Gasteiger partial charge in [0.25, 0.3) is 5.91 Å². The van der Waals surface area contributed by atoms with Gasteiger partial charge in [-0.1, -0.05) is 114 Å². The van der Waals surface area contributed by atoms with E-state index in [0.717, 1.165) is 12.8 Å². The maximum atomic E-state index is 12.2. The molecule has 0 aromatic heterocycles. The zero-order chi connectivity index (χ0) is 22.6. The van der Waals surface area contributed by atoms with Gasteiger partial charge in [-0.05, 0) is 24.1 Å². The number of unbranched alkanes of at least 4 members (excludes halogenated alkanes) is 15. The number of phenols is 1. The number of hydrogen-bond donors (Lipinski definition) is 2. The fourth-order valence-corrected chi connectivity index (χ4v) is 3.81. The predicted molar refractivity (Wildman–Crippen MR) is 129 cm³/mol. The minimum atomic E-state index is -0.339. The van der Waals surface area contributed by atoms with Crippen LogP contribution in [0.2, 0.25) is 0 Å². The van der Waals surface area contributed by atoms with E-state index >= 15 is 0 Å². The highest BCUT2D eigenvalue weighted by Crippen LogP contribution is 2.30. The predicted octanol–water partition coefficient (Wildman–Crippen LogP) is 8.33. The molecule has 31 heavy (non-hydrogen) atoms. The number of nitrogens with zero attached hydrogens (tertiary/aromatic N) is 3. The molecule has 0 aliphatic rings. The maximum Gasteiger partial charge on any atom is 0.255 e. The molecule has 0 atom stereocenters. The van der Waals surface area contributed by atoms with Crippen molar-refractivity contribution in [2.75, 3.05) is 6.54 Å². The Bertz CT molecular complexity index is 657. The van der Waals surface area contributed by atoms with E-state index in [4.69, 9.17) is 5.53 Å². The van der Waals surface area contributed by atoms with Crippen LogP contribution < -0.4 is 5.32 Å². The molecular formula is C25H42N4O2. The SMILES string of the molecule is CCCCCCCCCCCCCCCCCCNC(=O)c1cccc(N=[N+]=[N-])c1O. The van der Waals surface area contributed by atoms with Crippen LogP contribution in [0.5, 0.6) is 5.75 Å². The molecule has 0 aliphatic heterocycles. The second-order valence-electron chi connectivity index (χ2n) is 8.42. The highest BCUT2D eigenvalue weighted by atomic mass is 16.3. The number of rotatable bonds is 19. The average Bonchev–Trinajstić information content (AvgIpc) is 2.77. The third-order valence-electron chi connectivity index (χ3n) is 5.73. The third kappa shape index (κ3) is 13.0. The summed E-state index contributed by atoms with van der Waals surface area (Å²) < 4.78 is 0. The number of amides is 1. The molecule has 0 fully saturated rings. The summed E-state index contributed by atoms with van der Waals surface area (Å²) in [6, 6.07) is 4.59. The molecule has 1 aromatic carbocycles. The molecule has 1 rings (SSSR count). The van der Waals surface area contributed by atoms with Gasteiger partial charge in [-0.15, -0.1) is 0 Å². The van der Waals surface area contributed by atoms with E-state index in [1.54, 1.807) is 6.07 Å². The summed E-state index contributed by atoms with van der Waals surface area (Å²) in [4.78, 5) is 14.8. The van der Waals surface area contributed by atoms with E-state index in [2.05, 4.69) is 22.3 Å². The van der Waals surface area contributed by atoms with Crippen LogP contribution in [0.1, 0.15) is 120 Å². The van der Waals surface area contributed by atoms with Gasteiger partial charge < -0.3 is 10.4 Å². The normalized spacial score (nSPS) is 10.6. The van der Waals surface area contributed by atoms with Crippen LogP contribution >= 0.6 is 0 Å². The molecule has 1 amide bonds. The lowest BCUT2D eigenvalue weighted by Gasteiger charge is -2.08. The second-order valence-corrected chi connectivity index (χ2v) is 8.42. The highest BCUT2D eigenvalue weighted by molar-refractivity contribution is 5.98. The molecule has 6 nitrogen and oxygen atoms in total. The maximum absolute atomic E-state index is 12.2. The Balaban J connectivity index is 1.93. The van der Waals surface area contributed by atoms with E-state index in [0.29, 0.717) is 6.54 Å². The molecular weight excluding hydrogens is 388 g/mol. The van der Waals surface area contributed by atoms with Crippen molar-refractivity contribution in [1.82, 2.24) is 5.32 Å². The Morgan fingerprint density at radius 1 is 0.871 bits per heavy atom. The van der Waals surface area contributed by atoms with Crippen molar-refractivity contribution in [2.24, 2.45) is 5.11 Å². The van der Waals surface area contributed by atoms with E-state index < -0.39 is 0 Å². The molecule has 0 unspecified atom stereocenters. The lowest BCUT2D eigenvalue weighted by atomic mass is 10.0. The molecule has 2 N–H and O–H groups in total. The van der Waals surface area contributed by atoms with Crippen molar-refractivity contribution in [2.45, 2.75) is 110 Å². The Labute approximate surface area is 188 Å². The molecule has 0 aliphatic carbocycles. The van der Waals surface area contributed by atoms with Crippen molar-refractivity contribution in [3.63, 3.8) is 0 Å². The fraction of sp³-hybridized carbons (Fsp3) is 0.720. The van der Waals surface area contributed by atoms with Gasteiger partial charge in [0.05, 0.1) is 11.3 Å². The molecule has 0 radical (unpaired) electrons. The minimum Gasteiger partial charge on any atom is -0.507 e. The summed E-state index contributed by atoms with van der Waals surface area (Å²) >= 11 is 0. The van der Waals surface area contributed by atoms with Gasteiger partial charge in [0.1, 0.15) is 5.75 Å². The van der Waals surface area contributed by atoms with Crippen LogP contribution in [-0.2, 0) is 0 Å². The largest absolute Gasteiger partial charge is 0.507 e. The van der Waals surface area contributed by atoms with E-state index in [-0.39, 0.29) is 22.9 Å². The molecule has 1 aromatic rings. The third-order valence-corrected chi connectivity index (χ3v) is 5.73. The Kier molecular flexibility index (Phi) is 16.1. The smallest absolute Gasteiger partial charge is 0.255 e. The molecule has 0 saturated carbocycles. The summed E-state index contributed by atoms with van der Waals surface area (Å²) in [5.41, 5.74) is 8.69. The number of carbonyl (C=O) groups is 1. The molecule has 174 valence electrons. The van der Waals surface area contributed by atoms with E-state index in [1.165, 1.54) is 102 Å². The zero-order valence-electron chi connectivity index (χ0n) is 19.4. The molecule has 0 bridgehead atoms. The Morgan fingerprint density at radius 2 is 1.35 bits per heavy atom. The van der Waals surface area contributed by atoms with Gasteiger partial charge in [-0.3, -0.25) is 4.79 Å². The molecule has 6 heteroatoms. The number of benzene rings is 1. The lowest BCUT2D eigenvalue weighted by molar-refractivity contribution is 0.0950. The van der Waals surface area contributed by atoms with Gasteiger partial charge >= 0.3 is 0 Å². The van der Waals surface area contributed by atoms with Crippen molar-refractivity contribution >= 4 is 11.6 Å². The van der Waals surface area contributed by atoms with E-state index in [1.807, 2.05) is 0 Å². The molecule has 0 spiro atoms.